The molecule has 0 radical (unpaired) electrons. The molecule has 0 fully saturated rings. The Morgan fingerprint density at radius 1 is 1.57 bits per heavy atom. The van der Waals surface area contributed by atoms with Gasteiger partial charge in [0.1, 0.15) is 0 Å². The van der Waals surface area contributed by atoms with Crippen molar-refractivity contribution in [2.75, 3.05) is 20.3 Å². The molecule has 3 heteroatoms. The summed E-state index contributed by atoms with van der Waals surface area (Å²) >= 11 is 0. The molecule has 0 aliphatic heterocycles. The molecule has 3 nitrogen and oxygen atoms in total. The number of nitrogens with one attached hydrogen (secondary N) is 1. The lowest BCUT2D eigenvalue weighted by Crippen LogP contribution is -2.22. The van der Waals surface area contributed by atoms with E-state index < -0.39 is 0 Å². The predicted molar refractivity (Wildman–Crippen MR) is 58.4 cm³/mol. The first kappa shape index (κ1) is 11.3. The Morgan fingerprint density at radius 3 is 2.93 bits per heavy atom. The highest BCUT2D eigenvalue weighted by atomic mass is 16.5. The molecule has 1 N–H and O–H groups in total. The molecule has 1 atom stereocenters. The van der Waals surface area contributed by atoms with Gasteiger partial charge in [-0.05, 0) is 25.5 Å². The Labute approximate surface area is 86.1 Å². The van der Waals surface area contributed by atoms with Gasteiger partial charge in [-0.2, -0.15) is 0 Å². The fourth-order valence-electron chi connectivity index (χ4n) is 1.41. The number of hydrogen-bond acceptors (Lipinski definition) is 2. The third-order valence-electron chi connectivity index (χ3n) is 2.40. The molecule has 80 valence electrons. The SMILES string of the molecule is CCn1ccc([C@@H](C)NCCOC)c1. The lowest BCUT2D eigenvalue weighted by Gasteiger charge is -2.11. The fraction of sp³-hybridized carbons (Fsp3) is 0.636. The topological polar surface area (TPSA) is 26.2 Å². The van der Waals surface area contributed by atoms with E-state index in [-0.39, 0.29) is 0 Å². The van der Waals surface area contributed by atoms with Crippen molar-refractivity contribution in [3.05, 3.63) is 24.0 Å². The number of hydrogen-bond donors (Lipinski definition) is 1. The minimum absolute atomic E-state index is 0.401. The Morgan fingerprint density at radius 2 is 2.36 bits per heavy atom. The quantitative estimate of drug-likeness (QED) is 0.702. The molecule has 1 heterocycles. The Kier molecular flexibility index (Phi) is 4.70. The van der Waals surface area contributed by atoms with Crippen LogP contribution in [0.4, 0.5) is 0 Å². The second-order valence-electron chi connectivity index (χ2n) is 3.44. The summed E-state index contributed by atoms with van der Waals surface area (Å²) in [6, 6.07) is 2.56. The zero-order valence-corrected chi connectivity index (χ0v) is 9.29. The zero-order chi connectivity index (χ0) is 10.4. The van der Waals surface area contributed by atoms with Crippen molar-refractivity contribution in [1.82, 2.24) is 9.88 Å². The van der Waals surface area contributed by atoms with E-state index >= 15 is 0 Å². The van der Waals surface area contributed by atoms with E-state index in [9.17, 15) is 0 Å². The van der Waals surface area contributed by atoms with Crippen LogP contribution in [-0.2, 0) is 11.3 Å². The molecule has 1 rings (SSSR count). The van der Waals surface area contributed by atoms with Gasteiger partial charge in [0.2, 0.25) is 0 Å². The van der Waals surface area contributed by atoms with Crippen LogP contribution >= 0.6 is 0 Å². The minimum Gasteiger partial charge on any atom is -0.383 e. The second kappa shape index (κ2) is 5.83. The van der Waals surface area contributed by atoms with Crippen LogP contribution in [0.2, 0.25) is 0 Å². The molecule has 0 aliphatic carbocycles. The summed E-state index contributed by atoms with van der Waals surface area (Å²) in [5, 5.41) is 3.40. The molecule has 0 spiro atoms. The first-order chi connectivity index (χ1) is 6.77. The summed E-state index contributed by atoms with van der Waals surface area (Å²) in [4.78, 5) is 0. The number of rotatable bonds is 6. The molecule has 1 aromatic heterocycles. The lowest BCUT2D eigenvalue weighted by molar-refractivity contribution is 0.196. The third-order valence-corrected chi connectivity index (χ3v) is 2.40. The first-order valence-corrected chi connectivity index (χ1v) is 5.16. The maximum absolute atomic E-state index is 4.99. The third kappa shape index (κ3) is 3.16. The van der Waals surface area contributed by atoms with E-state index in [1.54, 1.807) is 7.11 Å². The van der Waals surface area contributed by atoms with Crippen LogP contribution in [0.15, 0.2) is 18.5 Å². The Bertz CT molecular complexity index is 258. The van der Waals surface area contributed by atoms with Gasteiger partial charge in [-0.1, -0.05) is 0 Å². The van der Waals surface area contributed by atoms with Crippen LogP contribution in [0, 0.1) is 0 Å². The summed E-state index contributed by atoms with van der Waals surface area (Å²) in [5.41, 5.74) is 1.34. The van der Waals surface area contributed by atoms with Gasteiger partial charge >= 0.3 is 0 Å². The van der Waals surface area contributed by atoms with Crippen LogP contribution in [0.25, 0.3) is 0 Å². The maximum Gasteiger partial charge on any atom is 0.0587 e. The van der Waals surface area contributed by atoms with E-state index in [2.05, 4.69) is 42.2 Å². The molecule has 0 saturated heterocycles. The molecule has 14 heavy (non-hydrogen) atoms. The minimum atomic E-state index is 0.401. The van der Waals surface area contributed by atoms with E-state index in [1.165, 1.54) is 5.56 Å². The van der Waals surface area contributed by atoms with Gasteiger partial charge in [0, 0.05) is 38.6 Å². The van der Waals surface area contributed by atoms with E-state index in [0.717, 1.165) is 19.7 Å². The average Bonchev–Trinajstić information content (AvgIpc) is 2.66. The summed E-state index contributed by atoms with van der Waals surface area (Å²) in [6.45, 7) is 7.01. The Balaban J connectivity index is 2.39. The molecule has 0 aliphatic rings. The van der Waals surface area contributed by atoms with Gasteiger partial charge in [-0.25, -0.2) is 0 Å². The van der Waals surface area contributed by atoms with Gasteiger partial charge in [0.15, 0.2) is 0 Å². The summed E-state index contributed by atoms with van der Waals surface area (Å²) in [5.74, 6) is 0. The molecular formula is C11H20N2O. The van der Waals surface area contributed by atoms with E-state index in [1.807, 2.05) is 0 Å². The van der Waals surface area contributed by atoms with Gasteiger partial charge in [-0.15, -0.1) is 0 Å². The summed E-state index contributed by atoms with van der Waals surface area (Å²) < 4.78 is 7.17. The number of aromatic nitrogens is 1. The van der Waals surface area contributed by atoms with Crippen molar-refractivity contribution >= 4 is 0 Å². The zero-order valence-electron chi connectivity index (χ0n) is 9.29. The van der Waals surface area contributed by atoms with Gasteiger partial charge in [0.25, 0.3) is 0 Å². The smallest absolute Gasteiger partial charge is 0.0587 e. The molecule has 0 unspecified atom stereocenters. The van der Waals surface area contributed by atoms with Crippen molar-refractivity contribution < 1.29 is 4.74 Å². The van der Waals surface area contributed by atoms with E-state index in [0.29, 0.717) is 6.04 Å². The molecule has 0 amide bonds. The number of aryl methyl sites for hydroxylation is 1. The highest BCUT2D eigenvalue weighted by Gasteiger charge is 2.04. The van der Waals surface area contributed by atoms with Crippen LogP contribution in [0.1, 0.15) is 25.5 Å². The highest BCUT2D eigenvalue weighted by Crippen LogP contribution is 2.11. The van der Waals surface area contributed by atoms with Crippen molar-refractivity contribution in [2.24, 2.45) is 0 Å². The van der Waals surface area contributed by atoms with Crippen LogP contribution in [-0.4, -0.2) is 24.8 Å². The fourth-order valence-corrected chi connectivity index (χ4v) is 1.41. The van der Waals surface area contributed by atoms with Gasteiger partial charge in [-0.3, -0.25) is 0 Å². The Hall–Kier alpha value is -0.800. The molecule has 0 aromatic carbocycles. The number of methoxy groups -OCH3 is 1. The largest absolute Gasteiger partial charge is 0.383 e. The number of ether oxygens (including phenoxy) is 1. The van der Waals surface area contributed by atoms with Crippen molar-refractivity contribution in [1.29, 1.82) is 0 Å². The second-order valence-corrected chi connectivity index (χ2v) is 3.44. The molecular weight excluding hydrogens is 176 g/mol. The standard InChI is InChI=1S/C11H20N2O/c1-4-13-7-5-11(9-13)10(2)12-6-8-14-3/h5,7,9-10,12H,4,6,8H2,1-3H3/t10-/m1/s1. The average molecular weight is 196 g/mol. The summed E-state index contributed by atoms with van der Waals surface area (Å²) in [7, 11) is 1.72. The molecule has 0 saturated carbocycles. The van der Waals surface area contributed by atoms with Crippen molar-refractivity contribution in [2.45, 2.75) is 26.4 Å². The number of nitrogens with zero attached hydrogens (tertiary/aromatic N) is 1. The monoisotopic (exact) mass is 196 g/mol. The van der Waals surface area contributed by atoms with E-state index in [4.69, 9.17) is 4.74 Å². The van der Waals surface area contributed by atoms with Gasteiger partial charge < -0.3 is 14.6 Å². The highest BCUT2D eigenvalue weighted by molar-refractivity contribution is 5.14. The maximum atomic E-state index is 4.99. The molecule has 0 bridgehead atoms. The van der Waals surface area contributed by atoms with Crippen LogP contribution < -0.4 is 5.32 Å². The van der Waals surface area contributed by atoms with Crippen molar-refractivity contribution in [3.8, 4) is 0 Å². The summed E-state index contributed by atoms with van der Waals surface area (Å²) in [6.07, 6.45) is 4.30. The normalized spacial score (nSPS) is 13.1. The van der Waals surface area contributed by atoms with Gasteiger partial charge in [0.05, 0.1) is 6.61 Å². The van der Waals surface area contributed by atoms with Crippen LogP contribution in [0.3, 0.4) is 0 Å². The van der Waals surface area contributed by atoms with Crippen LogP contribution in [0.5, 0.6) is 0 Å². The lowest BCUT2D eigenvalue weighted by atomic mass is 10.2. The first-order valence-electron chi connectivity index (χ1n) is 5.16. The van der Waals surface area contributed by atoms with Crippen molar-refractivity contribution in [3.63, 3.8) is 0 Å². The predicted octanol–water partition coefficient (Wildman–Crippen LogP) is 1.80. The molecule has 1 aromatic rings.